The molecule has 23 heavy (non-hydrogen) atoms. The van der Waals surface area contributed by atoms with Crippen molar-refractivity contribution in [2.75, 3.05) is 0 Å². The van der Waals surface area contributed by atoms with E-state index in [1.54, 1.807) is 11.8 Å². The Balaban J connectivity index is -0.0000000160. The van der Waals surface area contributed by atoms with Crippen LogP contribution in [0.2, 0.25) is 0 Å². The molecule has 0 nitrogen and oxygen atoms in total. The maximum Gasteiger partial charge on any atom is 0 e. The van der Waals surface area contributed by atoms with Gasteiger partial charge in [-0.05, 0) is 0 Å². The van der Waals surface area contributed by atoms with Crippen LogP contribution in [0.3, 0.4) is 0 Å². The Morgan fingerprint density at radius 1 is 0.348 bits per heavy atom. The van der Waals surface area contributed by atoms with Gasteiger partial charge in [0, 0.05) is 327 Å². The second kappa shape index (κ2) is 50.0. The Morgan fingerprint density at radius 2 is 0.522 bits per heavy atom. The fourth-order valence-corrected chi connectivity index (χ4v) is 1.85. The molecule has 0 fully saturated rings. The van der Waals surface area contributed by atoms with Gasteiger partial charge in [-0.2, -0.15) is 41.5 Å². The molecule has 10 heteroatoms. The zero-order valence-corrected chi connectivity index (χ0v) is 44.3. The first kappa shape index (κ1) is 70.0. The van der Waals surface area contributed by atoms with Crippen LogP contribution in [0.15, 0.2) is 0 Å². The number of hydrogen-bond acceptors (Lipinski definition) is 0. The van der Waals surface area contributed by atoms with Gasteiger partial charge in [0.15, 0.2) is 0 Å². The zero-order chi connectivity index (χ0) is 10.4. The van der Waals surface area contributed by atoms with E-state index in [1.807, 2.05) is 0 Å². The second-order valence-electron chi connectivity index (χ2n) is 4.86. The van der Waals surface area contributed by atoms with Gasteiger partial charge in [0.1, 0.15) is 0 Å². The van der Waals surface area contributed by atoms with Crippen LogP contribution in [0.1, 0.15) is 60.8 Å². The first-order valence-corrected chi connectivity index (χ1v) is 5.12. The Kier molecular flexibility index (Phi) is 152. The summed E-state index contributed by atoms with van der Waals surface area (Å²) in [4.78, 5) is 0. The van der Waals surface area contributed by atoms with Crippen LogP contribution in [-0.4, -0.2) is 0 Å². The SMILES string of the molecule is C[C-](C)C[C-](C)C[C-](C)C[C-](C)C.[Y].[Y].[Y].[Y].[Y].[Y].[Y].[Y].[Y].[Y]. The van der Waals surface area contributed by atoms with E-state index >= 15 is 0 Å². The summed E-state index contributed by atoms with van der Waals surface area (Å²) in [6.07, 6.45) is 3.59. The van der Waals surface area contributed by atoms with E-state index in [0.717, 1.165) is 0 Å². The molecule has 0 atom stereocenters. The fourth-order valence-electron chi connectivity index (χ4n) is 1.85. The van der Waals surface area contributed by atoms with Gasteiger partial charge in [0.25, 0.3) is 0 Å². The van der Waals surface area contributed by atoms with Crippen LogP contribution in [-0.2, 0) is 327 Å². The van der Waals surface area contributed by atoms with Gasteiger partial charge in [-0.1, -0.05) is 0 Å². The molecule has 0 rings (SSSR count). The van der Waals surface area contributed by atoms with E-state index < -0.39 is 0 Å². The molecule has 0 N–H and O–H groups in total. The monoisotopic (exact) mass is 1070 g/mol. The Hall–Kier alpha value is 11.0. The Bertz CT molecular complexity index is 122. The molecule has 0 aromatic carbocycles. The average molecular weight is 1070 g/mol. The third-order valence-electron chi connectivity index (χ3n) is 1.91. The van der Waals surface area contributed by atoms with Gasteiger partial charge in [-0.3, -0.25) is 0 Å². The van der Waals surface area contributed by atoms with E-state index in [-0.39, 0.29) is 327 Å². The zero-order valence-electron chi connectivity index (χ0n) is 15.9. The smallest absolute Gasteiger partial charge is 0 e. The molecule has 0 saturated carbocycles. The molecule has 0 unspecified atom stereocenters. The molecule has 0 heterocycles. The molecule has 0 spiro atoms. The number of rotatable bonds is 6. The Labute approximate surface area is 399 Å². The molecule has 0 aliphatic rings. The summed E-state index contributed by atoms with van der Waals surface area (Å²) in [5.41, 5.74) is 0. The van der Waals surface area contributed by atoms with E-state index in [0.29, 0.717) is 0 Å². The third kappa shape index (κ3) is 60.0. The van der Waals surface area contributed by atoms with E-state index in [1.165, 1.54) is 31.1 Å². The van der Waals surface area contributed by atoms with E-state index in [9.17, 15) is 0 Å². The van der Waals surface area contributed by atoms with Crippen molar-refractivity contribution in [2.24, 2.45) is 0 Å². The van der Waals surface area contributed by atoms with Gasteiger partial charge < -0.3 is 42.9 Å². The normalized spacial score (nSPS) is 7.04. The van der Waals surface area contributed by atoms with Crippen molar-refractivity contribution in [2.45, 2.75) is 60.8 Å². The molecule has 0 aliphatic heterocycles. The molecule has 0 aromatic rings. The van der Waals surface area contributed by atoms with Crippen molar-refractivity contribution in [1.29, 1.82) is 0 Å². The first-order valence-electron chi connectivity index (χ1n) is 5.12. The van der Waals surface area contributed by atoms with Crippen LogP contribution in [0, 0.1) is 23.7 Å². The van der Waals surface area contributed by atoms with Crippen molar-refractivity contribution < 1.29 is 327 Å². The predicted molar refractivity (Wildman–Crippen MR) is 60.9 cm³/mol. The first-order chi connectivity index (χ1) is 5.91. The molecule has 0 aromatic heterocycles. The quantitative estimate of drug-likeness (QED) is 0.344. The summed E-state index contributed by atoms with van der Waals surface area (Å²) >= 11 is 0. The topological polar surface area (TPSA) is 0 Å². The van der Waals surface area contributed by atoms with Crippen LogP contribution < -0.4 is 0 Å². The summed E-state index contributed by atoms with van der Waals surface area (Å²) in [6, 6.07) is 0. The van der Waals surface area contributed by atoms with Crippen LogP contribution in [0.4, 0.5) is 0 Å². The van der Waals surface area contributed by atoms with Gasteiger partial charge >= 0.3 is 0 Å². The molecule has 0 amide bonds. The summed E-state index contributed by atoms with van der Waals surface area (Å²) in [5, 5.41) is 0. The largest absolute Gasteiger partial charge is 0.374 e. The molecule has 0 saturated heterocycles. The summed E-state index contributed by atoms with van der Waals surface area (Å²) in [5.74, 6) is 6.22. The van der Waals surface area contributed by atoms with Crippen molar-refractivity contribution >= 4 is 0 Å². The fraction of sp³-hybridized carbons (Fsp3) is 0.692. The summed E-state index contributed by atoms with van der Waals surface area (Å²) in [7, 11) is 0. The van der Waals surface area contributed by atoms with Gasteiger partial charge in [0.2, 0.25) is 0 Å². The summed E-state index contributed by atoms with van der Waals surface area (Å²) in [6.45, 7) is 13.3. The number of hydrogen-bond donors (Lipinski definition) is 0. The minimum absolute atomic E-state index is 0. The van der Waals surface area contributed by atoms with Crippen LogP contribution >= 0.6 is 0 Å². The van der Waals surface area contributed by atoms with Crippen LogP contribution in [0.25, 0.3) is 0 Å². The third-order valence-corrected chi connectivity index (χ3v) is 1.91. The molecular formula is C13H24Y10-4. The maximum atomic E-state index is 2.27. The van der Waals surface area contributed by atoms with Crippen molar-refractivity contribution in [3.63, 3.8) is 0 Å². The molecule has 110 valence electrons. The standard InChI is InChI=1S/C13H24.10Y/c1-10(2)7-12(5)9-13(6)8-11(3)4;;;;;;;;;;/h7-9H2,1-6H3;;;;;;;;;;/q-4;;;;;;;;;;. The minimum atomic E-state index is 0. The van der Waals surface area contributed by atoms with Gasteiger partial charge in [-0.15, -0.1) is 0 Å². The van der Waals surface area contributed by atoms with Crippen molar-refractivity contribution in [3.05, 3.63) is 23.7 Å². The minimum Gasteiger partial charge on any atom is -0.374 e. The predicted octanol–water partition coefficient (Wildman–Crippen LogP) is 4.55. The van der Waals surface area contributed by atoms with E-state index in [2.05, 4.69) is 41.5 Å². The van der Waals surface area contributed by atoms with Crippen molar-refractivity contribution in [3.8, 4) is 0 Å². The Morgan fingerprint density at radius 3 is 0.652 bits per heavy atom. The van der Waals surface area contributed by atoms with E-state index in [4.69, 9.17) is 0 Å². The van der Waals surface area contributed by atoms with Crippen LogP contribution in [0.5, 0.6) is 0 Å². The molecule has 0 bridgehead atoms. The molecule has 10 radical (unpaired) electrons. The van der Waals surface area contributed by atoms with Gasteiger partial charge in [0.05, 0.1) is 0 Å². The van der Waals surface area contributed by atoms with Crippen molar-refractivity contribution in [1.82, 2.24) is 0 Å². The average Bonchev–Trinajstić information content (AvgIpc) is 1.80. The second-order valence-corrected chi connectivity index (χ2v) is 4.86. The summed E-state index contributed by atoms with van der Waals surface area (Å²) < 4.78 is 0. The molecule has 0 aliphatic carbocycles. The maximum absolute atomic E-state index is 2.27. The van der Waals surface area contributed by atoms with Gasteiger partial charge in [-0.25, -0.2) is 0 Å². The molecular weight excluding hydrogens is 1050 g/mol.